The first-order valence-electron chi connectivity index (χ1n) is 13.2. The summed E-state index contributed by atoms with van der Waals surface area (Å²) in [4.78, 5) is 28.2. The van der Waals surface area contributed by atoms with E-state index in [1.807, 2.05) is 0 Å². The Balaban J connectivity index is 2.16. The summed E-state index contributed by atoms with van der Waals surface area (Å²) in [6, 6.07) is 13.1. The lowest BCUT2D eigenvalue weighted by Crippen LogP contribution is -2.55. The van der Waals surface area contributed by atoms with Crippen molar-refractivity contribution in [1.82, 2.24) is 10.2 Å². The van der Waals surface area contributed by atoms with Gasteiger partial charge in [-0.2, -0.15) is 13.2 Å². The number of sulfonamides is 1. The van der Waals surface area contributed by atoms with E-state index >= 15 is 0 Å². The predicted octanol–water partition coefficient (Wildman–Crippen LogP) is 6.42. The third-order valence-corrected chi connectivity index (χ3v) is 8.40. The van der Waals surface area contributed by atoms with Crippen molar-refractivity contribution in [3.8, 4) is 0 Å². The van der Waals surface area contributed by atoms with Gasteiger partial charge < -0.3 is 10.2 Å². The van der Waals surface area contributed by atoms with Gasteiger partial charge in [-0.3, -0.25) is 13.9 Å². The van der Waals surface area contributed by atoms with Crippen molar-refractivity contribution < 1.29 is 35.6 Å². The molecule has 3 rings (SSSR count). The van der Waals surface area contributed by atoms with Gasteiger partial charge in [-0.05, 0) is 75.2 Å². The predicted molar refractivity (Wildman–Crippen MR) is 156 cm³/mol. The van der Waals surface area contributed by atoms with Gasteiger partial charge in [0.2, 0.25) is 11.8 Å². The first-order chi connectivity index (χ1) is 19.9. The molecule has 0 unspecified atom stereocenters. The molecule has 1 N–H and O–H groups in total. The summed E-state index contributed by atoms with van der Waals surface area (Å²) in [5.74, 6) is -1.95. The van der Waals surface area contributed by atoms with Crippen molar-refractivity contribution in [3.05, 3.63) is 94.8 Å². The number of anilines is 1. The highest BCUT2D eigenvalue weighted by Gasteiger charge is 2.37. The summed E-state index contributed by atoms with van der Waals surface area (Å²) in [7, 11) is -4.64. The quantitative estimate of drug-likeness (QED) is 0.259. The number of nitrogens with zero attached hydrogens (tertiary/aromatic N) is 2. The van der Waals surface area contributed by atoms with Crippen LogP contribution in [0.1, 0.15) is 45.2 Å². The van der Waals surface area contributed by atoms with E-state index in [1.54, 1.807) is 33.8 Å². The Kier molecular flexibility index (Phi) is 10.5. The molecular weight excluding hydrogens is 610 g/mol. The molecule has 2 amide bonds. The van der Waals surface area contributed by atoms with Crippen LogP contribution in [0.2, 0.25) is 5.02 Å². The Morgan fingerprint density at radius 2 is 1.56 bits per heavy atom. The standard InChI is InChI=1S/C30H32ClF4N3O4S/c1-5-25(28(40)36-29(2,3)4)37(18-20-11-14-22(32)15-12-20)27(39)19-38(43(41,42)23-9-7-6-8-10-23)26-17-21(30(33,34)35)13-16-24(26)31/h6-17,25H,5,18-19H2,1-4H3,(H,36,40)/t25-/m0/s1. The molecule has 0 aliphatic rings. The fraction of sp³-hybridized carbons (Fsp3) is 0.333. The first-order valence-corrected chi connectivity index (χ1v) is 15.1. The van der Waals surface area contributed by atoms with Crippen LogP contribution in [-0.4, -0.2) is 43.3 Å². The highest BCUT2D eigenvalue weighted by atomic mass is 35.5. The number of alkyl halides is 3. The molecule has 0 spiro atoms. The minimum atomic E-state index is -4.83. The summed E-state index contributed by atoms with van der Waals surface area (Å²) in [6.45, 7) is 5.68. The van der Waals surface area contributed by atoms with Crippen molar-refractivity contribution >= 4 is 39.1 Å². The van der Waals surface area contributed by atoms with Crippen LogP contribution >= 0.6 is 11.6 Å². The van der Waals surface area contributed by atoms with Gasteiger partial charge in [0.25, 0.3) is 10.0 Å². The molecule has 0 fully saturated rings. The van der Waals surface area contributed by atoms with Crippen molar-refractivity contribution in [2.24, 2.45) is 0 Å². The second kappa shape index (κ2) is 13.3. The zero-order valence-corrected chi connectivity index (χ0v) is 25.5. The average molecular weight is 642 g/mol. The molecule has 0 saturated carbocycles. The van der Waals surface area contributed by atoms with Gasteiger partial charge in [0.05, 0.1) is 21.2 Å². The maximum absolute atomic E-state index is 14.0. The van der Waals surface area contributed by atoms with E-state index in [9.17, 15) is 35.6 Å². The maximum atomic E-state index is 14.0. The minimum Gasteiger partial charge on any atom is -0.350 e. The van der Waals surface area contributed by atoms with E-state index in [4.69, 9.17) is 11.6 Å². The van der Waals surface area contributed by atoms with E-state index < -0.39 is 63.2 Å². The SMILES string of the molecule is CC[C@@H](C(=O)NC(C)(C)C)N(Cc1ccc(F)cc1)C(=O)CN(c1cc(C(F)(F)F)ccc1Cl)S(=O)(=O)c1ccccc1. The lowest BCUT2D eigenvalue weighted by atomic mass is 10.1. The summed E-state index contributed by atoms with van der Waals surface area (Å²) in [5, 5.41) is 2.46. The molecule has 1 atom stereocenters. The third kappa shape index (κ3) is 8.70. The number of nitrogens with one attached hydrogen (secondary N) is 1. The number of halogens is 5. The second-order valence-electron chi connectivity index (χ2n) is 10.8. The van der Waals surface area contributed by atoms with Gasteiger partial charge in [0, 0.05) is 12.1 Å². The van der Waals surface area contributed by atoms with Crippen molar-refractivity contribution in [1.29, 1.82) is 0 Å². The Morgan fingerprint density at radius 1 is 0.953 bits per heavy atom. The summed E-state index contributed by atoms with van der Waals surface area (Å²) in [6.07, 6.45) is -4.72. The van der Waals surface area contributed by atoms with E-state index in [2.05, 4.69) is 5.32 Å². The van der Waals surface area contributed by atoms with Crippen LogP contribution < -0.4 is 9.62 Å². The highest BCUT2D eigenvalue weighted by Crippen LogP contribution is 2.37. The fourth-order valence-corrected chi connectivity index (χ4v) is 5.99. The van der Waals surface area contributed by atoms with Gasteiger partial charge in [0.15, 0.2) is 0 Å². The van der Waals surface area contributed by atoms with Gasteiger partial charge in [-0.25, -0.2) is 12.8 Å². The van der Waals surface area contributed by atoms with E-state index in [1.165, 1.54) is 48.5 Å². The molecular formula is C30H32ClF4N3O4S. The highest BCUT2D eigenvalue weighted by molar-refractivity contribution is 7.92. The summed E-state index contributed by atoms with van der Waals surface area (Å²) < 4.78 is 82.8. The van der Waals surface area contributed by atoms with Crippen LogP contribution in [-0.2, 0) is 32.3 Å². The number of benzene rings is 3. The molecule has 0 heterocycles. The number of hydrogen-bond donors (Lipinski definition) is 1. The molecule has 0 saturated heterocycles. The van der Waals surface area contributed by atoms with Crippen molar-refractivity contribution in [2.45, 2.75) is 63.3 Å². The minimum absolute atomic E-state index is 0.116. The molecule has 7 nitrogen and oxygen atoms in total. The van der Waals surface area contributed by atoms with Crippen LogP contribution in [0.5, 0.6) is 0 Å². The topological polar surface area (TPSA) is 86.8 Å². The number of carbonyl (C=O) groups excluding carboxylic acids is 2. The van der Waals surface area contributed by atoms with Crippen molar-refractivity contribution in [2.75, 3.05) is 10.8 Å². The van der Waals surface area contributed by atoms with E-state index in [-0.39, 0.29) is 22.9 Å². The van der Waals surface area contributed by atoms with Gasteiger partial charge >= 0.3 is 6.18 Å². The lowest BCUT2D eigenvalue weighted by molar-refractivity contribution is -0.141. The Hall–Kier alpha value is -3.64. The zero-order valence-electron chi connectivity index (χ0n) is 24.0. The summed E-state index contributed by atoms with van der Waals surface area (Å²) >= 11 is 6.26. The Bertz CT molecular complexity index is 1540. The molecule has 43 heavy (non-hydrogen) atoms. The van der Waals surface area contributed by atoms with Gasteiger partial charge in [0.1, 0.15) is 18.4 Å². The van der Waals surface area contributed by atoms with Crippen LogP contribution in [0, 0.1) is 5.82 Å². The molecule has 0 bridgehead atoms. The fourth-order valence-electron chi connectivity index (χ4n) is 4.27. The van der Waals surface area contributed by atoms with Crippen LogP contribution in [0.25, 0.3) is 0 Å². The molecule has 232 valence electrons. The van der Waals surface area contributed by atoms with Crippen LogP contribution in [0.3, 0.4) is 0 Å². The van der Waals surface area contributed by atoms with Gasteiger partial charge in [-0.15, -0.1) is 0 Å². The van der Waals surface area contributed by atoms with E-state index in [0.717, 1.165) is 11.0 Å². The van der Waals surface area contributed by atoms with Crippen molar-refractivity contribution in [3.63, 3.8) is 0 Å². The van der Waals surface area contributed by atoms with Gasteiger partial charge in [-0.1, -0.05) is 48.9 Å². The number of amides is 2. The Morgan fingerprint density at radius 3 is 2.09 bits per heavy atom. The monoisotopic (exact) mass is 641 g/mol. The number of carbonyl (C=O) groups is 2. The molecule has 0 aromatic heterocycles. The number of hydrogen-bond acceptors (Lipinski definition) is 4. The molecule has 0 aliphatic heterocycles. The first kappa shape index (κ1) is 33.9. The smallest absolute Gasteiger partial charge is 0.350 e. The molecule has 3 aromatic rings. The molecule has 3 aromatic carbocycles. The molecule has 0 radical (unpaired) electrons. The maximum Gasteiger partial charge on any atom is 0.416 e. The second-order valence-corrected chi connectivity index (χ2v) is 13.1. The average Bonchev–Trinajstić information content (AvgIpc) is 2.92. The normalized spacial score (nSPS) is 12.9. The molecule has 13 heteroatoms. The van der Waals surface area contributed by atoms with E-state index in [0.29, 0.717) is 22.0 Å². The number of rotatable bonds is 10. The Labute approximate surface area is 253 Å². The van der Waals surface area contributed by atoms with Crippen LogP contribution in [0.4, 0.5) is 23.2 Å². The molecule has 0 aliphatic carbocycles. The third-order valence-electron chi connectivity index (χ3n) is 6.30. The van der Waals surface area contributed by atoms with Crippen LogP contribution in [0.15, 0.2) is 77.7 Å². The summed E-state index contributed by atoms with van der Waals surface area (Å²) in [5.41, 5.74) is -1.98. The largest absolute Gasteiger partial charge is 0.416 e. The lowest BCUT2D eigenvalue weighted by Gasteiger charge is -2.35. The zero-order chi connectivity index (χ0) is 32.2.